The standard InChI is InChI=1S/C10H16N2O.2C2H6/c1-3-4-5-9-12-10(13)7-6-8-11-2;2*1-2/h1,6-7,11H,4-5,8-9H2,2H3,(H,12,13);2*1-2H3/b7-6+;;. The fraction of sp³-hybridized carbons (Fsp3) is 0.643. The highest BCUT2D eigenvalue weighted by atomic mass is 16.1. The molecule has 0 saturated carbocycles. The quantitative estimate of drug-likeness (QED) is 0.425. The minimum absolute atomic E-state index is 0.0627. The summed E-state index contributed by atoms with van der Waals surface area (Å²) in [5.41, 5.74) is 0. The van der Waals surface area contributed by atoms with Gasteiger partial charge in [0.15, 0.2) is 0 Å². The third-order valence-electron chi connectivity index (χ3n) is 1.39. The van der Waals surface area contributed by atoms with E-state index < -0.39 is 0 Å². The summed E-state index contributed by atoms with van der Waals surface area (Å²) in [5, 5.41) is 5.63. The SMILES string of the molecule is C#CCCCNC(=O)/C=C/CNC.CC.CC. The Morgan fingerprint density at radius 2 is 1.88 bits per heavy atom. The first-order valence-electron chi connectivity index (χ1n) is 6.33. The smallest absolute Gasteiger partial charge is 0.243 e. The Morgan fingerprint density at radius 1 is 1.29 bits per heavy atom. The molecule has 100 valence electrons. The van der Waals surface area contributed by atoms with Gasteiger partial charge in [0.2, 0.25) is 5.91 Å². The first-order chi connectivity index (χ1) is 8.31. The highest BCUT2D eigenvalue weighted by Crippen LogP contribution is 1.82. The number of hydrogen-bond acceptors (Lipinski definition) is 2. The Kier molecular flexibility index (Phi) is 29.9. The van der Waals surface area contributed by atoms with E-state index in [1.165, 1.54) is 6.08 Å². The summed E-state index contributed by atoms with van der Waals surface area (Å²) in [7, 11) is 1.83. The Balaban J connectivity index is -0.000000439. The summed E-state index contributed by atoms with van der Waals surface area (Å²) >= 11 is 0. The number of nitrogens with one attached hydrogen (secondary N) is 2. The van der Waals surface area contributed by atoms with Gasteiger partial charge in [0.25, 0.3) is 0 Å². The van der Waals surface area contributed by atoms with Crippen molar-refractivity contribution >= 4 is 5.91 Å². The second-order valence-corrected chi connectivity index (χ2v) is 2.56. The van der Waals surface area contributed by atoms with Crippen LogP contribution in [0.1, 0.15) is 40.5 Å². The van der Waals surface area contributed by atoms with Crippen LogP contribution in [0.2, 0.25) is 0 Å². The zero-order valence-electron chi connectivity index (χ0n) is 12.0. The second-order valence-electron chi connectivity index (χ2n) is 2.56. The van der Waals surface area contributed by atoms with Crippen LogP contribution in [0.15, 0.2) is 12.2 Å². The maximum Gasteiger partial charge on any atom is 0.243 e. The minimum atomic E-state index is -0.0627. The molecule has 0 radical (unpaired) electrons. The van der Waals surface area contributed by atoms with Crippen LogP contribution < -0.4 is 10.6 Å². The van der Waals surface area contributed by atoms with Crippen molar-refractivity contribution in [2.45, 2.75) is 40.5 Å². The van der Waals surface area contributed by atoms with Gasteiger partial charge < -0.3 is 10.6 Å². The average Bonchev–Trinajstić information content (AvgIpc) is 2.40. The third kappa shape index (κ3) is 25.2. The predicted molar refractivity (Wildman–Crippen MR) is 76.8 cm³/mol. The van der Waals surface area contributed by atoms with E-state index in [0.717, 1.165) is 6.42 Å². The van der Waals surface area contributed by atoms with Gasteiger partial charge in [-0.05, 0) is 13.5 Å². The molecule has 0 bridgehead atoms. The van der Waals surface area contributed by atoms with Gasteiger partial charge in [0.1, 0.15) is 0 Å². The molecular formula is C14H28N2O. The monoisotopic (exact) mass is 240 g/mol. The lowest BCUT2D eigenvalue weighted by molar-refractivity contribution is -0.116. The van der Waals surface area contributed by atoms with E-state index in [1.54, 1.807) is 6.08 Å². The molecule has 0 saturated heterocycles. The van der Waals surface area contributed by atoms with Gasteiger partial charge in [-0.3, -0.25) is 4.79 Å². The maximum atomic E-state index is 11.0. The lowest BCUT2D eigenvalue weighted by atomic mass is 10.3. The molecule has 0 fully saturated rings. The van der Waals surface area contributed by atoms with E-state index in [2.05, 4.69) is 16.6 Å². The van der Waals surface area contributed by atoms with Gasteiger partial charge in [-0.25, -0.2) is 0 Å². The Morgan fingerprint density at radius 3 is 2.35 bits per heavy atom. The summed E-state index contributed by atoms with van der Waals surface area (Å²) in [4.78, 5) is 11.0. The molecule has 0 aliphatic heterocycles. The minimum Gasteiger partial charge on any atom is -0.353 e. The van der Waals surface area contributed by atoms with Crippen molar-refractivity contribution in [3.63, 3.8) is 0 Å². The molecule has 0 unspecified atom stereocenters. The molecule has 0 aromatic heterocycles. The summed E-state index contributed by atoms with van der Waals surface area (Å²) in [6.07, 6.45) is 9.90. The van der Waals surface area contributed by atoms with Crippen LogP contribution in [0.25, 0.3) is 0 Å². The van der Waals surface area contributed by atoms with E-state index in [4.69, 9.17) is 6.42 Å². The third-order valence-corrected chi connectivity index (χ3v) is 1.39. The van der Waals surface area contributed by atoms with Gasteiger partial charge in [0.05, 0.1) is 0 Å². The number of carbonyl (C=O) groups is 1. The molecule has 0 aliphatic rings. The van der Waals surface area contributed by atoms with Gasteiger partial charge in [0, 0.05) is 25.6 Å². The average molecular weight is 240 g/mol. The number of rotatable bonds is 6. The van der Waals surface area contributed by atoms with Crippen LogP contribution in [0.5, 0.6) is 0 Å². The normalized spacial score (nSPS) is 8.24. The van der Waals surface area contributed by atoms with E-state index in [9.17, 15) is 4.79 Å². The topological polar surface area (TPSA) is 41.1 Å². The summed E-state index contributed by atoms with van der Waals surface area (Å²) in [6, 6.07) is 0. The van der Waals surface area contributed by atoms with Gasteiger partial charge in [-0.2, -0.15) is 0 Å². The van der Waals surface area contributed by atoms with Crippen molar-refractivity contribution in [3.8, 4) is 12.3 Å². The van der Waals surface area contributed by atoms with Crippen LogP contribution in [-0.4, -0.2) is 26.0 Å². The molecule has 3 nitrogen and oxygen atoms in total. The highest BCUT2D eigenvalue weighted by Gasteiger charge is 1.91. The zero-order valence-corrected chi connectivity index (χ0v) is 12.0. The lowest BCUT2D eigenvalue weighted by Gasteiger charge is -1.98. The Labute approximate surface area is 107 Å². The van der Waals surface area contributed by atoms with E-state index in [0.29, 0.717) is 19.5 Å². The first kappa shape index (κ1) is 21.1. The van der Waals surface area contributed by atoms with Crippen molar-refractivity contribution in [1.82, 2.24) is 10.6 Å². The highest BCUT2D eigenvalue weighted by molar-refractivity contribution is 5.87. The molecular weight excluding hydrogens is 212 g/mol. The number of unbranched alkanes of at least 4 members (excludes halogenated alkanes) is 1. The predicted octanol–water partition coefficient (Wildman–Crippen LogP) is 2.34. The molecule has 1 amide bonds. The van der Waals surface area contributed by atoms with Crippen molar-refractivity contribution in [3.05, 3.63) is 12.2 Å². The number of terminal acetylenes is 1. The largest absolute Gasteiger partial charge is 0.353 e. The van der Waals surface area contributed by atoms with Crippen molar-refractivity contribution < 1.29 is 4.79 Å². The Bertz CT molecular complexity index is 205. The summed E-state index contributed by atoms with van der Waals surface area (Å²) in [6.45, 7) is 9.35. The van der Waals surface area contributed by atoms with E-state index >= 15 is 0 Å². The van der Waals surface area contributed by atoms with Crippen LogP contribution in [-0.2, 0) is 4.79 Å². The first-order valence-corrected chi connectivity index (χ1v) is 6.33. The number of likely N-dealkylation sites (N-methyl/N-ethyl adjacent to an activating group) is 1. The Hall–Kier alpha value is -1.27. The molecule has 0 aromatic rings. The van der Waals surface area contributed by atoms with Crippen molar-refractivity contribution in [1.29, 1.82) is 0 Å². The molecule has 2 N–H and O–H groups in total. The van der Waals surface area contributed by atoms with Crippen molar-refractivity contribution in [2.24, 2.45) is 0 Å². The number of carbonyl (C=O) groups excluding carboxylic acids is 1. The molecule has 0 heterocycles. The summed E-state index contributed by atoms with van der Waals surface area (Å²) in [5.74, 6) is 2.45. The maximum absolute atomic E-state index is 11.0. The van der Waals surface area contributed by atoms with E-state index in [-0.39, 0.29) is 5.91 Å². The van der Waals surface area contributed by atoms with E-state index in [1.807, 2.05) is 34.7 Å². The van der Waals surface area contributed by atoms with Crippen LogP contribution in [0.4, 0.5) is 0 Å². The number of amides is 1. The molecule has 0 aliphatic carbocycles. The fourth-order valence-corrected chi connectivity index (χ4v) is 0.745. The molecule has 0 rings (SSSR count). The second kappa shape index (κ2) is 24.1. The molecule has 3 heteroatoms. The summed E-state index contributed by atoms with van der Waals surface area (Å²) < 4.78 is 0. The molecule has 0 aromatic carbocycles. The molecule has 17 heavy (non-hydrogen) atoms. The van der Waals surface area contributed by atoms with Crippen LogP contribution >= 0.6 is 0 Å². The van der Waals surface area contributed by atoms with Crippen LogP contribution in [0.3, 0.4) is 0 Å². The van der Waals surface area contributed by atoms with Crippen molar-refractivity contribution in [2.75, 3.05) is 20.1 Å². The van der Waals surface area contributed by atoms with Gasteiger partial charge in [-0.1, -0.05) is 33.8 Å². The van der Waals surface area contributed by atoms with Gasteiger partial charge >= 0.3 is 0 Å². The fourth-order valence-electron chi connectivity index (χ4n) is 0.745. The lowest BCUT2D eigenvalue weighted by Crippen LogP contribution is -2.22. The zero-order chi connectivity index (χ0) is 13.9. The molecule has 0 atom stereocenters. The van der Waals surface area contributed by atoms with Gasteiger partial charge in [-0.15, -0.1) is 12.3 Å². The molecule has 0 spiro atoms. The van der Waals surface area contributed by atoms with Crippen LogP contribution in [0, 0.1) is 12.3 Å². The number of hydrogen-bond donors (Lipinski definition) is 2.